The summed E-state index contributed by atoms with van der Waals surface area (Å²) in [5.41, 5.74) is 6.77. The van der Waals surface area contributed by atoms with Crippen LogP contribution in [0.1, 0.15) is 22.8 Å². The second kappa shape index (κ2) is 5.46. The monoisotopic (exact) mass is 299 g/mol. The van der Waals surface area contributed by atoms with Crippen LogP contribution in [0.5, 0.6) is 5.75 Å². The first-order valence-electron chi connectivity index (χ1n) is 6.39. The summed E-state index contributed by atoms with van der Waals surface area (Å²) >= 11 is 1.41. The fourth-order valence-electron chi connectivity index (χ4n) is 2.33. The summed E-state index contributed by atoms with van der Waals surface area (Å²) in [4.78, 5) is 16.9. The molecule has 2 aromatic rings. The molecule has 106 valence electrons. The third-order valence-corrected chi connectivity index (χ3v) is 4.24. The van der Waals surface area contributed by atoms with E-state index in [1.165, 1.54) is 11.3 Å². The number of rotatable bonds is 3. The molecule has 0 saturated carbocycles. The molecule has 0 bridgehead atoms. The van der Waals surface area contributed by atoms with E-state index in [2.05, 4.69) is 16.2 Å². The van der Waals surface area contributed by atoms with Crippen LogP contribution in [0.2, 0.25) is 0 Å². The maximum absolute atomic E-state index is 11.8. The van der Waals surface area contributed by atoms with Crippen LogP contribution in [0.25, 0.3) is 0 Å². The van der Waals surface area contributed by atoms with Crippen molar-refractivity contribution in [3.05, 3.63) is 34.7 Å². The highest BCUT2D eigenvalue weighted by Crippen LogP contribution is 2.41. The molecule has 21 heavy (non-hydrogen) atoms. The third-order valence-electron chi connectivity index (χ3n) is 3.24. The molecule has 0 radical (unpaired) electrons. The maximum Gasteiger partial charge on any atom is 0.226 e. The van der Waals surface area contributed by atoms with Gasteiger partial charge in [-0.1, -0.05) is 29.4 Å². The molecule has 3 N–H and O–H groups in total. The fourth-order valence-corrected chi connectivity index (χ4v) is 3.24. The van der Waals surface area contributed by atoms with E-state index in [9.17, 15) is 4.79 Å². The summed E-state index contributed by atoms with van der Waals surface area (Å²) in [6.07, 6.45) is 5.55. The molecule has 0 unspecified atom stereocenters. The van der Waals surface area contributed by atoms with Crippen molar-refractivity contribution >= 4 is 28.2 Å². The number of nitrogen functional groups attached to an aromatic ring is 1. The lowest BCUT2D eigenvalue weighted by molar-refractivity contribution is -0.116. The zero-order chi connectivity index (χ0) is 14.8. The van der Waals surface area contributed by atoms with Gasteiger partial charge in [-0.2, -0.15) is 0 Å². The second-order valence-corrected chi connectivity index (χ2v) is 5.69. The van der Waals surface area contributed by atoms with Crippen LogP contribution >= 0.6 is 11.3 Å². The van der Waals surface area contributed by atoms with E-state index in [-0.39, 0.29) is 18.4 Å². The molecule has 1 amide bonds. The number of ether oxygens (including phenoxy) is 1. The fraction of sp³-hybridized carbons (Fsp3) is 0.200. The van der Waals surface area contributed by atoms with Gasteiger partial charge in [0.15, 0.2) is 5.13 Å². The number of carbonyl (C=O) groups is 1. The Labute approximate surface area is 126 Å². The van der Waals surface area contributed by atoms with Gasteiger partial charge in [0.05, 0.1) is 4.88 Å². The molecule has 1 aromatic carbocycles. The number of nitrogens with zero attached hydrogens (tertiary/aromatic N) is 1. The predicted molar refractivity (Wildman–Crippen MR) is 82.4 cm³/mol. The molecule has 5 nitrogen and oxygen atoms in total. The molecule has 0 saturated heterocycles. The van der Waals surface area contributed by atoms with Gasteiger partial charge in [-0.05, 0) is 17.7 Å². The quantitative estimate of drug-likeness (QED) is 0.852. The zero-order valence-electron chi connectivity index (χ0n) is 11.1. The first-order valence-corrected chi connectivity index (χ1v) is 7.21. The number of thiazole rings is 1. The Morgan fingerprint density at radius 2 is 2.24 bits per heavy atom. The number of benzene rings is 1. The van der Waals surface area contributed by atoms with E-state index in [1.807, 2.05) is 24.3 Å². The van der Waals surface area contributed by atoms with Crippen LogP contribution in [-0.2, 0) is 4.79 Å². The first kappa shape index (κ1) is 13.5. The average molecular weight is 299 g/mol. The van der Waals surface area contributed by atoms with Crippen molar-refractivity contribution in [1.29, 1.82) is 0 Å². The number of nitrogens with two attached hydrogens (primary N) is 1. The smallest absolute Gasteiger partial charge is 0.226 e. The normalized spacial score (nSPS) is 16.7. The summed E-state index contributed by atoms with van der Waals surface area (Å²) < 4.78 is 5.35. The van der Waals surface area contributed by atoms with E-state index >= 15 is 0 Å². The molecule has 0 aliphatic carbocycles. The van der Waals surface area contributed by atoms with Crippen molar-refractivity contribution in [2.75, 3.05) is 17.7 Å². The van der Waals surface area contributed by atoms with Crippen LogP contribution in [0.3, 0.4) is 0 Å². The van der Waals surface area contributed by atoms with Gasteiger partial charge >= 0.3 is 0 Å². The molecule has 0 fully saturated rings. The maximum atomic E-state index is 11.8. The number of aromatic nitrogens is 1. The van der Waals surface area contributed by atoms with Crippen LogP contribution in [0.15, 0.2) is 24.3 Å². The van der Waals surface area contributed by atoms with E-state index in [4.69, 9.17) is 16.9 Å². The van der Waals surface area contributed by atoms with E-state index in [0.29, 0.717) is 23.1 Å². The SMILES string of the molecule is C#CCOc1ccc([C@H]2CC(=O)Nc3nc(N)sc32)cc1. The molecule has 1 aliphatic heterocycles. The largest absolute Gasteiger partial charge is 0.481 e. The first-order chi connectivity index (χ1) is 10.2. The number of nitrogens with one attached hydrogen (secondary N) is 1. The predicted octanol–water partition coefficient (Wildman–Crippen LogP) is 2.21. The minimum absolute atomic E-state index is 0.0229. The van der Waals surface area contributed by atoms with Crippen LogP contribution in [-0.4, -0.2) is 17.5 Å². The lowest BCUT2D eigenvalue weighted by atomic mass is 9.91. The Morgan fingerprint density at radius 3 is 2.95 bits per heavy atom. The molecular formula is C15H13N3O2S. The summed E-state index contributed by atoms with van der Waals surface area (Å²) in [6, 6.07) is 7.58. The van der Waals surface area contributed by atoms with Gasteiger partial charge in [0, 0.05) is 12.3 Å². The van der Waals surface area contributed by atoms with Gasteiger partial charge in [0.2, 0.25) is 5.91 Å². The van der Waals surface area contributed by atoms with Gasteiger partial charge in [0.25, 0.3) is 0 Å². The van der Waals surface area contributed by atoms with Crippen LogP contribution in [0, 0.1) is 12.3 Å². The van der Waals surface area contributed by atoms with Gasteiger partial charge in [0.1, 0.15) is 18.2 Å². The highest BCUT2D eigenvalue weighted by atomic mass is 32.1. The van der Waals surface area contributed by atoms with Gasteiger partial charge in [-0.3, -0.25) is 4.79 Å². The number of hydrogen-bond acceptors (Lipinski definition) is 5. The van der Waals surface area contributed by atoms with Gasteiger partial charge in [-0.25, -0.2) is 4.98 Å². The Balaban J connectivity index is 1.90. The van der Waals surface area contributed by atoms with Gasteiger partial charge in [-0.15, -0.1) is 6.42 Å². The molecular weight excluding hydrogens is 286 g/mol. The zero-order valence-corrected chi connectivity index (χ0v) is 11.9. The topological polar surface area (TPSA) is 77.2 Å². The highest BCUT2D eigenvalue weighted by molar-refractivity contribution is 7.16. The summed E-state index contributed by atoms with van der Waals surface area (Å²) in [7, 11) is 0. The molecule has 2 heterocycles. The number of hydrogen-bond donors (Lipinski definition) is 2. The number of amides is 1. The summed E-state index contributed by atoms with van der Waals surface area (Å²) in [6.45, 7) is 0.237. The minimum Gasteiger partial charge on any atom is -0.481 e. The van der Waals surface area contributed by atoms with Crippen molar-refractivity contribution in [3.63, 3.8) is 0 Å². The van der Waals surface area contributed by atoms with E-state index in [0.717, 1.165) is 10.4 Å². The van der Waals surface area contributed by atoms with E-state index in [1.54, 1.807) is 0 Å². The lowest BCUT2D eigenvalue weighted by Gasteiger charge is -2.21. The van der Waals surface area contributed by atoms with Crippen LogP contribution < -0.4 is 15.8 Å². The van der Waals surface area contributed by atoms with Crippen molar-refractivity contribution in [2.45, 2.75) is 12.3 Å². The number of fused-ring (bicyclic) bond motifs is 1. The summed E-state index contributed by atoms with van der Waals surface area (Å²) in [5.74, 6) is 3.63. The lowest BCUT2D eigenvalue weighted by Crippen LogP contribution is -2.22. The van der Waals surface area contributed by atoms with Crippen molar-refractivity contribution in [1.82, 2.24) is 4.98 Å². The van der Waals surface area contributed by atoms with Crippen molar-refractivity contribution in [3.8, 4) is 18.1 Å². The van der Waals surface area contributed by atoms with Gasteiger partial charge < -0.3 is 15.8 Å². The van der Waals surface area contributed by atoms with E-state index < -0.39 is 0 Å². The number of carbonyl (C=O) groups excluding carboxylic acids is 1. The third kappa shape index (κ3) is 2.69. The second-order valence-electron chi connectivity index (χ2n) is 4.63. The Kier molecular flexibility index (Phi) is 3.50. The summed E-state index contributed by atoms with van der Waals surface area (Å²) in [5, 5.41) is 3.21. The molecule has 1 atom stereocenters. The molecule has 3 rings (SSSR count). The standard InChI is InChI=1S/C15H13N3O2S/c1-2-7-20-10-5-3-9(4-6-10)11-8-12(19)17-14-13(11)21-15(16)18-14/h1,3-6,11H,7-8H2,(H2,16,18)(H,17,19)/t11-/m1/s1. The Morgan fingerprint density at radius 1 is 1.48 bits per heavy atom. The average Bonchev–Trinajstić information content (AvgIpc) is 2.85. The molecule has 1 aromatic heterocycles. The molecule has 6 heteroatoms. The molecule has 1 aliphatic rings. The van der Waals surface area contributed by atoms with Crippen molar-refractivity contribution < 1.29 is 9.53 Å². The number of anilines is 2. The number of terminal acetylenes is 1. The van der Waals surface area contributed by atoms with Crippen LogP contribution in [0.4, 0.5) is 10.9 Å². The minimum atomic E-state index is -0.0505. The molecule has 0 spiro atoms. The Hall–Kier alpha value is -2.52. The highest BCUT2D eigenvalue weighted by Gasteiger charge is 2.29. The Bertz CT molecular complexity index is 716. The van der Waals surface area contributed by atoms with Crippen molar-refractivity contribution in [2.24, 2.45) is 0 Å².